The number of hydrogen-bond donors (Lipinski definition) is 0. The highest BCUT2D eigenvalue weighted by molar-refractivity contribution is 7.33. The van der Waals surface area contributed by atoms with Crippen LogP contribution < -0.4 is 0 Å². The van der Waals surface area contributed by atoms with Crippen molar-refractivity contribution < 1.29 is 13.6 Å². The molecular formula is C6H12N6O3P+. The third-order valence-corrected chi connectivity index (χ3v) is 2.11. The Morgan fingerprint density at radius 1 is 1.00 bits per heavy atom. The molecule has 10 heteroatoms. The summed E-state index contributed by atoms with van der Waals surface area (Å²) in [6, 6.07) is 0. The van der Waals surface area contributed by atoms with Gasteiger partial charge in [-0.05, 0) is 23.9 Å². The van der Waals surface area contributed by atoms with Crippen molar-refractivity contribution in [2.75, 3.05) is 26.3 Å². The van der Waals surface area contributed by atoms with Crippen molar-refractivity contribution in [1.82, 2.24) is 0 Å². The Labute approximate surface area is 92.9 Å². The number of hydrogen-bond acceptors (Lipinski definition) is 5. The molecule has 0 bridgehead atoms. The average molecular weight is 247 g/mol. The van der Waals surface area contributed by atoms with Gasteiger partial charge in [0.25, 0.3) is 0 Å². The normalized spacial score (nSPS) is 10.1. The molecule has 0 saturated carbocycles. The zero-order valence-corrected chi connectivity index (χ0v) is 9.49. The van der Waals surface area contributed by atoms with E-state index in [0.29, 0.717) is 25.9 Å². The average Bonchev–Trinajstić information content (AvgIpc) is 2.28. The van der Waals surface area contributed by atoms with Crippen molar-refractivity contribution in [1.29, 1.82) is 0 Å². The maximum absolute atomic E-state index is 11.0. The van der Waals surface area contributed by atoms with E-state index in [1.807, 2.05) is 0 Å². The first-order chi connectivity index (χ1) is 7.81. The largest absolute Gasteiger partial charge is 0.697 e. The van der Waals surface area contributed by atoms with Gasteiger partial charge in [0.1, 0.15) is 13.2 Å². The summed E-state index contributed by atoms with van der Waals surface area (Å²) in [5.41, 5.74) is 15.9. The van der Waals surface area contributed by atoms with Gasteiger partial charge in [0.2, 0.25) is 0 Å². The molecule has 0 heterocycles. The van der Waals surface area contributed by atoms with Crippen molar-refractivity contribution in [2.45, 2.75) is 12.8 Å². The minimum atomic E-state index is -2.14. The van der Waals surface area contributed by atoms with Gasteiger partial charge in [0.15, 0.2) is 0 Å². The van der Waals surface area contributed by atoms with Crippen LogP contribution in [0, 0.1) is 0 Å². The Bertz CT molecular complexity index is 271. The van der Waals surface area contributed by atoms with Crippen molar-refractivity contribution in [3.8, 4) is 0 Å². The molecule has 16 heavy (non-hydrogen) atoms. The van der Waals surface area contributed by atoms with Gasteiger partial charge in [-0.3, -0.25) is 0 Å². The van der Waals surface area contributed by atoms with Crippen molar-refractivity contribution in [2.24, 2.45) is 10.2 Å². The summed E-state index contributed by atoms with van der Waals surface area (Å²) in [4.78, 5) is 5.11. The van der Waals surface area contributed by atoms with Crippen LogP contribution in [-0.2, 0) is 13.6 Å². The standard InChI is InChI=1S/C6H12N6O3P/c7-11-9-3-1-5-14-16(13)15-6-2-4-10-12-8/h1-6H2/q+1. The molecule has 9 nitrogen and oxygen atoms in total. The molecule has 0 aliphatic rings. The smallest absolute Gasteiger partial charge is 0.119 e. The first-order valence-corrected chi connectivity index (χ1v) is 5.65. The number of azide groups is 2. The van der Waals surface area contributed by atoms with Crippen LogP contribution in [0.2, 0.25) is 0 Å². The summed E-state index contributed by atoms with van der Waals surface area (Å²) in [5, 5.41) is 6.57. The third-order valence-electron chi connectivity index (χ3n) is 1.32. The first-order valence-electron chi connectivity index (χ1n) is 4.56. The van der Waals surface area contributed by atoms with Gasteiger partial charge < -0.3 is 0 Å². The van der Waals surface area contributed by atoms with Gasteiger partial charge in [0.05, 0.1) is 0 Å². The summed E-state index contributed by atoms with van der Waals surface area (Å²) >= 11 is 0. The zero-order chi connectivity index (χ0) is 12.1. The maximum atomic E-state index is 11.0. The SMILES string of the molecule is [N-]=[N+]=NCCCO[P+](=O)OCCCN=[N+]=[N-]. The maximum Gasteiger partial charge on any atom is 0.697 e. The molecule has 0 aliphatic heterocycles. The van der Waals surface area contributed by atoms with Crippen LogP contribution >= 0.6 is 8.25 Å². The highest BCUT2D eigenvalue weighted by Crippen LogP contribution is 2.23. The van der Waals surface area contributed by atoms with E-state index in [2.05, 4.69) is 20.1 Å². The Morgan fingerprint density at radius 3 is 1.81 bits per heavy atom. The fraction of sp³-hybridized carbons (Fsp3) is 1.00. The van der Waals surface area contributed by atoms with Gasteiger partial charge in [-0.15, -0.1) is 9.05 Å². The summed E-state index contributed by atoms with van der Waals surface area (Å²) in [6.45, 7) is 1.03. The van der Waals surface area contributed by atoms with E-state index < -0.39 is 8.25 Å². The minimum absolute atomic E-state index is 0.213. The molecule has 0 radical (unpaired) electrons. The van der Waals surface area contributed by atoms with Crippen molar-refractivity contribution in [3.05, 3.63) is 20.9 Å². The van der Waals surface area contributed by atoms with Crippen LogP contribution in [-0.4, -0.2) is 26.3 Å². The van der Waals surface area contributed by atoms with Gasteiger partial charge in [-0.2, -0.15) is 0 Å². The highest BCUT2D eigenvalue weighted by atomic mass is 31.1. The lowest BCUT2D eigenvalue weighted by molar-refractivity contribution is 0.223. The van der Waals surface area contributed by atoms with Crippen LogP contribution in [0.15, 0.2) is 10.2 Å². The quantitative estimate of drug-likeness (QED) is 0.193. The number of rotatable bonds is 10. The number of nitrogens with zero attached hydrogens (tertiary/aromatic N) is 6. The van der Waals surface area contributed by atoms with Crippen LogP contribution in [0.4, 0.5) is 0 Å². The second kappa shape index (κ2) is 11.7. The molecule has 88 valence electrons. The van der Waals surface area contributed by atoms with E-state index in [1.54, 1.807) is 0 Å². The topological polar surface area (TPSA) is 133 Å². The molecule has 0 rings (SSSR count). The Balaban J connectivity index is 3.30. The lowest BCUT2D eigenvalue weighted by Gasteiger charge is -1.90. The summed E-state index contributed by atoms with van der Waals surface area (Å²) in [6.07, 6.45) is 0.987. The van der Waals surface area contributed by atoms with E-state index in [4.69, 9.17) is 20.1 Å². The van der Waals surface area contributed by atoms with Gasteiger partial charge in [-0.1, -0.05) is 10.2 Å². The summed E-state index contributed by atoms with van der Waals surface area (Å²) < 4.78 is 20.6. The monoisotopic (exact) mass is 247 g/mol. The molecule has 0 aromatic heterocycles. The van der Waals surface area contributed by atoms with Crippen molar-refractivity contribution in [3.63, 3.8) is 0 Å². The van der Waals surface area contributed by atoms with Gasteiger partial charge in [-0.25, -0.2) is 0 Å². The third kappa shape index (κ3) is 10.7. The van der Waals surface area contributed by atoms with Gasteiger partial charge in [0, 0.05) is 27.5 Å². The lowest BCUT2D eigenvalue weighted by atomic mass is 10.5. The van der Waals surface area contributed by atoms with Crippen LogP contribution in [0.25, 0.3) is 20.9 Å². The lowest BCUT2D eigenvalue weighted by Crippen LogP contribution is -1.94. The Kier molecular flexibility index (Phi) is 10.7. The zero-order valence-electron chi connectivity index (χ0n) is 8.60. The van der Waals surface area contributed by atoms with E-state index in [1.165, 1.54) is 0 Å². The molecule has 0 unspecified atom stereocenters. The summed E-state index contributed by atoms with van der Waals surface area (Å²) in [7, 11) is -2.14. The molecule has 0 aliphatic carbocycles. The van der Waals surface area contributed by atoms with E-state index >= 15 is 0 Å². The predicted octanol–water partition coefficient (Wildman–Crippen LogP) is 3.08. The van der Waals surface area contributed by atoms with Crippen molar-refractivity contribution >= 4 is 8.25 Å². The Hall–Kier alpha value is -1.36. The fourth-order valence-electron chi connectivity index (χ4n) is 0.675. The molecular weight excluding hydrogens is 235 g/mol. The minimum Gasteiger partial charge on any atom is -0.119 e. The van der Waals surface area contributed by atoms with E-state index in [9.17, 15) is 4.57 Å². The molecule has 0 fully saturated rings. The van der Waals surface area contributed by atoms with Gasteiger partial charge >= 0.3 is 8.25 Å². The van der Waals surface area contributed by atoms with Crippen LogP contribution in [0.3, 0.4) is 0 Å². The fourth-order valence-corrected chi connectivity index (χ4v) is 1.31. The second-order valence-corrected chi connectivity index (χ2v) is 3.47. The highest BCUT2D eigenvalue weighted by Gasteiger charge is 2.18. The molecule has 0 spiro atoms. The predicted molar refractivity (Wildman–Crippen MR) is 56.8 cm³/mol. The van der Waals surface area contributed by atoms with E-state index in [0.717, 1.165) is 0 Å². The molecule has 0 N–H and O–H groups in total. The second-order valence-electron chi connectivity index (χ2n) is 2.51. The molecule has 0 atom stereocenters. The Morgan fingerprint density at radius 2 is 1.44 bits per heavy atom. The molecule has 0 aromatic rings. The van der Waals surface area contributed by atoms with Crippen LogP contribution in [0.1, 0.15) is 12.8 Å². The molecule has 0 amide bonds. The van der Waals surface area contributed by atoms with Crippen LogP contribution in [0.5, 0.6) is 0 Å². The summed E-state index contributed by atoms with van der Waals surface area (Å²) in [5.74, 6) is 0. The van der Waals surface area contributed by atoms with E-state index in [-0.39, 0.29) is 13.2 Å². The molecule has 0 saturated heterocycles. The molecule has 0 aromatic carbocycles. The first kappa shape index (κ1) is 14.6.